The molecule has 1 saturated heterocycles. The highest BCUT2D eigenvalue weighted by Gasteiger charge is 2.21. The average molecular weight is 299 g/mol. The third-order valence-corrected chi connectivity index (χ3v) is 5.15. The second kappa shape index (κ2) is 6.90. The number of thioether (sulfide) groups is 1. The largest absolute Gasteiger partial charge is 0.457 e. The van der Waals surface area contributed by atoms with Crippen LogP contribution in [-0.2, 0) is 0 Å². The summed E-state index contributed by atoms with van der Waals surface area (Å²) >= 11 is 2.06. The van der Waals surface area contributed by atoms with Gasteiger partial charge in [-0.1, -0.05) is 31.2 Å². The highest BCUT2D eigenvalue weighted by Crippen LogP contribution is 2.29. The molecule has 2 aromatic carbocycles. The van der Waals surface area contributed by atoms with Crippen molar-refractivity contribution in [1.29, 1.82) is 0 Å². The fourth-order valence-electron chi connectivity index (χ4n) is 2.60. The van der Waals surface area contributed by atoms with Gasteiger partial charge in [0.05, 0.1) is 0 Å². The van der Waals surface area contributed by atoms with Crippen LogP contribution in [0.25, 0.3) is 0 Å². The zero-order valence-electron chi connectivity index (χ0n) is 12.3. The number of hydrogen-bond acceptors (Lipinski definition) is 3. The van der Waals surface area contributed by atoms with Crippen molar-refractivity contribution in [2.75, 3.05) is 11.1 Å². The van der Waals surface area contributed by atoms with E-state index in [1.54, 1.807) is 0 Å². The molecule has 21 heavy (non-hydrogen) atoms. The SMILES string of the molecule is CC1SCCCC1Nc1cccc(Oc2ccccc2)c1. The molecular weight excluding hydrogens is 278 g/mol. The second-order valence-corrected chi connectivity index (χ2v) is 6.90. The molecule has 1 fully saturated rings. The molecule has 0 spiro atoms. The van der Waals surface area contributed by atoms with Crippen LogP contribution in [0.5, 0.6) is 11.5 Å². The standard InChI is InChI=1S/C18H21NOS/c1-14-18(11-6-12-21-14)19-15-7-5-10-17(13-15)20-16-8-3-2-4-9-16/h2-5,7-10,13-14,18-19H,6,11-12H2,1H3. The van der Waals surface area contributed by atoms with Gasteiger partial charge in [-0.05, 0) is 42.9 Å². The van der Waals surface area contributed by atoms with E-state index in [-0.39, 0.29) is 0 Å². The molecule has 1 N–H and O–H groups in total. The van der Waals surface area contributed by atoms with E-state index in [9.17, 15) is 0 Å². The van der Waals surface area contributed by atoms with Crippen LogP contribution >= 0.6 is 11.8 Å². The van der Waals surface area contributed by atoms with Gasteiger partial charge in [-0.25, -0.2) is 0 Å². The lowest BCUT2D eigenvalue weighted by molar-refractivity contribution is 0.482. The molecule has 1 aliphatic rings. The maximum atomic E-state index is 5.89. The Kier molecular flexibility index (Phi) is 4.71. The van der Waals surface area contributed by atoms with Gasteiger partial charge in [0.25, 0.3) is 0 Å². The minimum Gasteiger partial charge on any atom is -0.457 e. The van der Waals surface area contributed by atoms with Gasteiger partial charge >= 0.3 is 0 Å². The van der Waals surface area contributed by atoms with E-state index in [0.717, 1.165) is 17.2 Å². The quantitative estimate of drug-likeness (QED) is 0.841. The molecule has 1 heterocycles. The van der Waals surface area contributed by atoms with Gasteiger partial charge in [-0.2, -0.15) is 11.8 Å². The number of ether oxygens (including phenoxy) is 1. The summed E-state index contributed by atoms with van der Waals surface area (Å²) in [7, 11) is 0. The summed E-state index contributed by atoms with van der Waals surface area (Å²) in [6, 6.07) is 18.7. The number of benzene rings is 2. The van der Waals surface area contributed by atoms with Crippen molar-refractivity contribution in [1.82, 2.24) is 0 Å². The Labute approximate surface area is 130 Å². The summed E-state index contributed by atoms with van der Waals surface area (Å²) in [6.07, 6.45) is 2.55. The summed E-state index contributed by atoms with van der Waals surface area (Å²) in [4.78, 5) is 0. The lowest BCUT2D eigenvalue weighted by Crippen LogP contribution is -2.32. The molecule has 2 atom stereocenters. The fraction of sp³-hybridized carbons (Fsp3) is 0.333. The first kappa shape index (κ1) is 14.3. The smallest absolute Gasteiger partial charge is 0.129 e. The van der Waals surface area contributed by atoms with Gasteiger partial charge in [0.1, 0.15) is 11.5 Å². The molecule has 1 aliphatic heterocycles. The molecule has 0 radical (unpaired) electrons. The van der Waals surface area contributed by atoms with Crippen LogP contribution in [0.2, 0.25) is 0 Å². The van der Waals surface area contributed by atoms with E-state index >= 15 is 0 Å². The molecular formula is C18H21NOS. The van der Waals surface area contributed by atoms with Crippen LogP contribution < -0.4 is 10.1 Å². The van der Waals surface area contributed by atoms with Crippen molar-refractivity contribution in [2.45, 2.75) is 31.1 Å². The summed E-state index contributed by atoms with van der Waals surface area (Å²) in [5, 5.41) is 4.32. The van der Waals surface area contributed by atoms with Gasteiger partial charge < -0.3 is 10.1 Å². The van der Waals surface area contributed by atoms with Gasteiger partial charge in [-0.15, -0.1) is 0 Å². The van der Waals surface area contributed by atoms with Crippen molar-refractivity contribution >= 4 is 17.4 Å². The van der Waals surface area contributed by atoms with Crippen LogP contribution in [-0.4, -0.2) is 17.0 Å². The maximum Gasteiger partial charge on any atom is 0.129 e. The number of nitrogens with one attached hydrogen (secondary N) is 1. The molecule has 0 bridgehead atoms. The Hall–Kier alpha value is -1.61. The number of para-hydroxylation sites is 1. The van der Waals surface area contributed by atoms with Crippen molar-refractivity contribution < 1.29 is 4.74 Å². The van der Waals surface area contributed by atoms with E-state index in [2.05, 4.69) is 36.1 Å². The normalized spacial score (nSPS) is 21.8. The third kappa shape index (κ3) is 3.94. The Balaban J connectivity index is 1.68. The molecule has 2 nitrogen and oxygen atoms in total. The number of anilines is 1. The highest BCUT2D eigenvalue weighted by atomic mass is 32.2. The lowest BCUT2D eigenvalue weighted by Gasteiger charge is -2.30. The first-order valence-electron chi connectivity index (χ1n) is 7.52. The molecule has 0 aliphatic carbocycles. The van der Waals surface area contributed by atoms with E-state index in [1.807, 2.05) is 42.5 Å². The van der Waals surface area contributed by atoms with Crippen molar-refractivity contribution in [2.24, 2.45) is 0 Å². The molecule has 0 aromatic heterocycles. The fourth-order valence-corrected chi connectivity index (χ4v) is 3.74. The van der Waals surface area contributed by atoms with Crippen LogP contribution in [0.3, 0.4) is 0 Å². The summed E-state index contributed by atoms with van der Waals surface area (Å²) < 4.78 is 5.89. The van der Waals surface area contributed by atoms with E-state index in [0.29, 0.717) is 11.3 Å². The van der Waals surface area contributed by atoms with Crippen LogP contribution in [0.1, 0.15) is 19.8 Å². The van der Waals surface area contributed by atoms with Crippen molar-refractivity contribution in [3.8, 4) is 11.5 Å². The zero-order valence-corrected chi connectivity index (χ0v) is 13.1. The Morgan fingerprint density at radius 3 is 2.67 bits per heavy atom. The Morgan fingerprint density at radius 2 is 1.86 bits per heavy atom. The van der Waals surface area contributed by atoms with Crippen molar-refractivity contribution in [3.63, 3.8) is 0 Å². The Morgan fingerprint density at radius 1 is 1.05 bits per heavy atom. The first-order valence-corrected chi connectivity index (χ1v) is 8.57. The Bertz CT molecular complexity index is 572. The molecule has 110 valence electrons. The number of hydrogen-bond donors (Lipinski definition) is 1. The minimum atomic E-state index is 0.552. The molecule has 2 unspecified atom stereocenters. The summed E-state index contributed by atoms with van der Waals surface area (Å²) in [6.45, 7) is 2.31. The van der Waals surface area contributed by atoms with Crippen molar-refractivity contribution in [3.05, 3.63) is 54.6 Å². The molecule has 0 saturated carbocycles. The lowest BCUT2D eigenvalue weighted by atomic mass is 10.1. The van der Waals surface area contributed by atoms with Crippen LogP contribution in [0.15, 0.2) is 54.6 Å². The van der Waals surface area contributed by atoms with Gasteiger partial charge in [0, 0.05) is 23.0 Å². The average Bonchev–Trinajstić information content (AvgIpc) is 2.51. The third-order valence-electron chi connectivity index (χ3n) is 3.77. The predicted octanol–water partition coefficient (Wildman–Crippen LogP) is 5.17. The van der Waals surface area contributed by atoms with Crippen LogP contribution in [0, 0.1) is 0 Å². The van der Waals surface area contributed by atoms with Crippen LogP contribution in [0.4, 0.5) is 5.69 Å². The summed E-state index contributed by atoms with van der Waals surface area (Å²) in [5.41, 5.74) is 1.14. The monoisotopic (exact) mass is 299 g/mol. The summed E-state index contributed by atoms with van der Waals surface area (Å²) in [5.74, 6) is 3.04. The zero-order chi connectivity index (χ0) is 14.5. The number of rotatable bonds is 4. The van der Waals surface area contributed by atoms with E-state index < -0.39 is 0 Å². The molecule has 2 aromatic rings. The predicted molar refractivity (Wildman–Crippen MR) is 91.5 cm³/mol. The van der Waals surface area contributed by atoms with Gasteiger partial charge in [0.2, 0.25) is 0 Å². The second-order valence-electron chi connectivity index (χ2n) is 5.41. The maximum absolute atomic E-state index is 5.89. The highest BCUT2D eigenvalue weighted by molar-refractivity contribution is 8.00. The van der Waals surface area contributed by atoms with E-state index in [4.69, 9.17) is 4.74 Å². The van der Waals surface area contributed by atoms with E-state index in [1.165, 1.54) is 18.6 Å². The molecule has 0 amide bonds. The van der Waals surface area contributed by atoms with Gasteiger partial charge in [0.15, 0.2) is 0 Å². The minimum absolute atomic E-state index is 0.552. The van der Waals surface area contributed by atoms with Gasteiger partial charge in [-0.3, -0.25) is 0 Å². The molecule has 3 heteroatoms. The topological polar surface area (TPSA) is 21.3 Å². The molecule has 3 rings (SSSR count). The first-order chi connectivity index (χ1) is 10.3.